The van der Waals surface area contributed by atoms with Crippen molar-refractivity contribution in [2.75, 3.05) is 5.33 Å². The normalized spacial score (nSPS) is 11.7. The molecule has 0 heterocycles. The van der Waals surface area contributed by atoms with Crippen molar-refractivity contribution in [3.63, 3.8) is 0 Å². The van der Waals surface area contributed by atoms with Crippen LogP contribution in [0.3, 0.4) is 0 Å². The summed E-state index contributed by atoms with van der Waals surface area (Å²) in [5.74, 6) is 2.50. The molecule has 0 bridgehead atoms. The Labute approximate surface area is 75.9 Å². The lowest BCUT2D eigenvalue weighted by Crippen LogP contribution is -2.33. The van der Waals surface area contributed by atoms with Gasteiger partial charge in [-0.1, -0.05) is 28.8 Å². The molecule has 3 heteroatoms. The van der Waals surface area contributed by atoms with Crippen LogP contribution in [-0.4, -0.2) is 17.3 Å². The highest BCUT2D eigenvalue weighted by Gasteiger charge is 2.05. The van der Waals surface area contributed by atoms with Gasteiger partial charge in [0.25, 0.3) is 0 Å². The largest absolute Gasteiger partial charge is 0.342 e. The van der Waals surface area contributed by atoms with Gasteiger partial charge in [0.2, 0.25) is 5.91 Å². The average Bonchev–Trinajstić information content (AvgIpc) is 2.01. The molecule has 0 spiro atoms. The van der Waals surface area contributed by atoms with Gasteiger partial charge in [-0.15, -0.1) is 6.42 Å². The van der Waals surface area contributed by atoms with Crippen molar-refractivity contribution in [1.82, 2.24) is 5.32 Å². The second-order valence-corrected chi connectivity index (χ2v) is 2.93. The summed E-state index contributed by atoms with van der Waals surface area (Å²) in [6, 6.07) is -0.110. The number of hydrogen-bond acceptors (Lipinski definition) is 1. The molecule has 1 amide bonds. The molecule has 0 saturated carbocycles. The number of amides is 1. The van der Waals surface area contributed by atoms with Gasteiger partial charge in [-0.2, -0.15) is 0 Å². The third-order valence-electron chi connectivity index (χ3n) is 1.27. The molecule has 11 heavy (non-hydrogen) atoms. The molecule has 1 atom stereocenters. The predicted octanol–water partition coefficient (Wildman–Crippen LogP) is 1.30. The van der Waals surface area contributed by atoms with Crippen LogP contribution in [-0.2, 0) is 4.79 Å². The summed E-state index contributed by atoms with van der Waals surface area (Å²) in [4.78, 5) is 10.9. The summed E-state index contributed by atoms with van der Waals surface area (Å²) in [6.45, 7) is 1.94. The van der Waals surface area contributed by atoms with Crippen LogP contribution in [0, 0.1) is 12.3 Å². The zero-order valence-electron chi connectivity index (χ0n) is 6.56. The zero-order valence-corrected chi connectivity index (χ0v) is 8.15. The van der Waals surface area contributed by atoms with Crippen molar-refractivity contribution >= 4 is 21.8 Å². The molecule has 0 aliphatic rings. The van der Waals surface area contributed by atoms with E-state index in [4.69, 9.17) is 6.42 Å². The molecular weight excluding hydrogens is 206 g/mol. The van der Waals surface area contributed by atoms with Crippen LogP contribution in [0.1, 0.15) is 19.8 Å². The van der Waals surface area contributed by atoms with Crippen LogP contribution in [0.4, 0.5) is 0 Å². The Kier molecular flexibility index (Phi) is 5.96. The Morgan fingerprint density at radius 2 is 2.45 bits per heavy atom. The monoisotopic (exact) mass is 217 g/mol. The van der Waals surface area contributed by atoms with Gasteiger partial charge in [-0.05, 0) is 6.42 Å². The van der Waals surface area contributed by atoms with Gasteiger partial charge in [-0.3, -0.25) is 4.79 Å². The van der Waals surface area contributed by atoms with Gasteiger partial charge in [0.05, 0.1) is 6.04 Å². The van der Waals surface area contributed by atoms with Crippen LogP contribution in [0.25, 0.3) is 0 Å². The number of hydrogen-bond donors (Lipinski definition) is 1. The number of carbonyl (C=O) groups excluding carboxylic acids is 1. The number of nitrogens with one attached hydrogen (secondary N) is 1. The molecule has 1 N–H and O–H groups in total. The van der Waals surface area contributed by atoms with E-state index in [-0.39, 0.29) is 11.9 Å². The van der Waals surface area contributed by atoms with Gasteiger partial charge in [0.1, 0.15) is 0 Å². The predicted molar refractivity (Wildman–Crippen MR) is 49.5 cm³/mol. The quantitative estimate of drug-likeness (QED) is 0.559. The maximum atomic E-state index is 10.9. The second-order valence-electron chi connectivity index (χ2n) is 2.13. The first-order chi connectivity index (χ1) is 5.24. The van der Waals surface area contributed by atoms with E-state index in [1.807, 2.05) is 6.92 Å². The summed E-state index contributed by atoms with van der Waals surface area (Å²) in [5.41, 5.74) is 0. The summed E-state index contributed by atoms with van der Waals surface area (Å²) < 4.78 is 0. The fraction of sp³-hybridized carbons (Fsp3) is 0.625. The zero-order chi connectivity index (χ0) is 8.69. The first kappa shape index (κ1) is 10.5. The van der Waals surface area contributed by atoms with Crippen LogP contribution >= 0.6 is 15.9 Å². The van der Waals surface area contributed by atoms with Gasteiger partial charge >= 0.3 is 0 Å². The highest BCUT2D eigenvalue weighted by Crippen LogP contribution is 1.91. The molecule has 0 aromatic carbocycles. The summed E-state index contributed by atoms with van der Waals surface area (Å²) in [7, 11) is 0. The minimum Gasteiger partial charge on any atom is -0.342 e. The number of rotatable bonds is 4. The summed E-state index contributed by atoms with van der Waals surface area (Å²) in [6.07, 6.45) is 6.42. The molecule has 0 aromatic rings. The average molecular weight is 218 g/mol. The molecule has 2 nitrogen and oxygen atoms in total. The lowest BCUT2D eigenvalue weighted by atomic mass is 10.2. The minimum atomic E-state index is -0.110. The number of terminal acetylenes is 1. The second kappa shape index (κ2) is 6.23. The lowest BCUT2D eigenvalue weighted by molar-refractivity contribution is -0.121. The van der Waals surface area contributed by atoms with Crippen LogP contribution in [0.15, 0.2) is 0 Å². The molecule has 62 valence electrons. The SMILES string of the molecule is C#CC(CC)NC(=O)CCBr. The molecule has 1 unspecified atom stereocenters. The van der Waals surface area contributed by atoms with Gasteiger partial charge in [0.15, 0.2) is 0 Å². The number of carbonyl (C=O) groups is 1. The lowest BCUT2D eigenvalue weighted by Gasteiger charge is -2.08. The van der Waals surface area contributed by atoms with Crippen LogP contribution in [0.5, 0.6) is 0 Å². The Morgan fingerprint density at radius 1 is 1.82 bits per heavy atom. The number of halogens is 1. The summed E-state index contributed by atoms with van der Waals surface area (Å²) >= 11 is 3.17. The van der Waals surface area contributed by atoms with E-state index in [1.165, 1.54) is 0 Å². The maximum absolute atomic E-state index is 10.9. The Hall–Kier alpha value is -0.490. The van der Waals surface area contributed by atoms with E-state index in [2.05, 4.69) is 27.2 Å². The van der Waals surface area contributed by atoms with Gasteiger partial charge in [-0.25, -0.2) is 0 Å². The van der Waals surface area contributed by atoms with Crippen LogP contribution in [0.2, 0.25) is 0 Å². The van der Waals surface area contributed by atoms with Crippen LogP contribution < -0.4 is 5.32 Å². The fourth-order valence-electron chi connectivity index (χ4n) is 0.614. The molecular formula is C8H12BrNO. The van der Waals surface area contributed by atoms with Crippen molar-refractivity contribution in [1.29, 1.82) is 0 Å². The maximum Gasteiger partial charge on any atom is 0.221 e. The molecule has 0 aliphatic carbocycles. The van der Waals surface area contributed by atoms with Crippen molar-refractivity contribution in [2.24, 2.45) is 0 Å². The van der Waals surface area contributed by atoms with Crippen molar-refractivity contribution < 1.29 is 4.79 Å². The smallest absolute Gasteiger partial charge is 0.221 e. The highest BCUT2D eigenvalue weighted by atomic mass is 79.9. The third kappa shape index (κ3) is 4.86. The first-order valence-corrected chi connectivity index (χ1v) is 4.68. The van der Waals surface area contributed by atoms with Crippen molar-refractivity contribution in [2.45, 2.75) is 25.8 Å². The molecule has 0 aromatic heterocycles. The van der Waals surface area contributed by atoms with E-state index in [9.17, 15) is 4.79 Å². The first-order valence-electron chi connectivity index (χ1n) is 3.56. The van der Waals surface area contributed by atoms with Crippen molar-refractivity contribution in [3.05, 3.63) is 0 Å². The van der Waals surface area contributed by atoms with E-state index in [1.54, 1.807) is 0 Å². The third-order valence-corrected chi connectivity index (χ3v) is 1.66. The minimum absolute atomic E-state index is 0.00618. The van der Waals surface area contributed by atoms with Gasteiger partial charge < -0.3 is 5.32 Å². The van der Waals surface area contributed by atoms with Crippen molar-refractivity contribution in [3.8, 4) is 12.3 Å². The molecule has 0 aliphatic heterocycles. The Bertz CT molecular complexity index is 162. The Morgan fingerprint density at radius 3 is 2.82 bits per heavy atom. The molecule has 0 rings (SSSR count). The van der Waals surface area contributed by atoms with E-state index in [0.29, 0.717) is 11.8 Å². The molecule has 0 saturated heterocycles. The highest BCUT2D eigenvalue weighted by molar-refractivity contribution is 9.09. The topological polar surface area (TPSA) is 29.1 Å². The molecule has 0 fully saturated rings. The van der Waals surface area contributed by atoms with E-state index in [0.717, 1.165) is 6.42 Å². The molecule has 0 radical (unpaired) electrons. The number of alkyl halides is 1. The fourth-order valence-corrected chi connectivity index (χ4v) is 0.974. The Balaban J connectivity index is 3.65. The van der Waals surface area contributed by atoms with E-state index < -0.39 is 0 Å². The van der Waals surface area contributed by atoms with Gasteiger partial charge in [0, 0.05) is 11.8 Å². The standard InChI is InChI=1S/C8H12BrNO/c1-3-7(4-2)10-8(11)5-6-9/h1,7H,4-6H2,2H3,(H,10,11). The van der Waals surface area contributed by atoms with E-state index >= 15 is 0 Å². The summed E-state index contributed by atoms with van der Waals surface area (Å²) in [5, 5.41) is 3.39.